The van der Waals surface area contributed by atoms with Gasteiger partial charge in [0.25, 0.3) is 0 Å². The zero-order chi connectivity index (χ0) is 12.3. The highest BCUT2D eigenvalue weighted by atomic mass is 16.4. The molecular weight excluding hydrogens is 204 g/mol. The Bertz CT molecular complexity index is 248. The molecule has 0 radical (unpaired) electrons. The molecule has 4 heteroatoms. The Morgan fingerprint density at radius 1 is 1.38 bits per heavy atom. The van der Waals surface area contributed by atoms with Crippen LogP contribution in [0.15, 0.2) is 0 Å². The summed E-state index contributed by atoms with van der Waals surface area (Å²) in [4.78, 5) is 15.4. The van der Waals surface area contributed by atoms with Crippen LogP contribution in [0.25, 0.3) is 0 Å². The van der Waals surface area contributed by atoms with E-state index in [0.29, 0.717) is 0 Å². The number of carbonyl (C=O) groups is 1. The number of carboxylic acids is 1. The van der Waals surface area contributed by atoms with E-state index in [9.17, 15) is 4.79 Å². The highest BCUT2D eigenvalue weighted by molar-refractivity contribution is 5.67. The van der Waals surface area contributed by atoms with E-state index in [1.165, 1.54) is 0 Å². The van der Waals surface area contributed by atoms with Gasteiger partial charge in [-0.15, -0.1) is 0 Å². The molecule has 94 valence electrons. The fourth-order valence-electron chi connectivity index (χ4n) is 2.21. The third-order valence-corrected chi connectivity index (χ3v) is 3.35. The van der Waals surface area contributed by atoms with E-state index in [0.717, 1.165) is 26.1 Å². The number of hydrogen-bond donors (Lipinski definition) is 1. The normalized spacial score (nSPS) is 25.4. The molecule has 0 aromatic rings. The largest absolute Gasteiger partial charge is 0.481 e. The summed E-state index contributed by atoms with van der Waals surface area (Å²) in [5.41, 5.74) is 0.127. The van der Waals surface area contributed by atoms with Gasteiger partial charge in [0.2, 0.25) is 0 Å². The van der Waals surface area contributed by atoms with Gasteiger partial charge in [0.1, 0.15) is 0 Å². The summed E-state index contributed by atoms with van der Waals surface area (Å²) in [6.07, 6.45) is 1.35. The van der Waals surface area contributed by atoms with Crippen molar-refractivity contribution in [1.82, 2.24) is 9.80 Å². The summed E-state index contributed by atoms with van der Waals surface area (Å²) in [5, 5.41) is 8.92. The number of hydrogen-bond acceptors (Lipinski definition) is 3. The Kier molecular flexibility index (Phi) is 4.33. The lowest BCUT2D eigenvalue weighted by molar-refractivity contribution is -0.138. The van der Waals surface area contributed by atoms with Crippen molar-refractivity contribution in [3.8, 4) is 0 Å². The van der Waals surface area contributed by atoms with E-state index in [1.54, 1.807) is 0 Å². The average Bonchev–Trinajstić information content (AvgIpc) is 2.27. The van der Waals surface area contributed by atoms with Crippen molar-refractivity contribution in [2.45, 2.75) is 45.2 Å². The first-order valence-electron chi connectivity index (χ1n) is 5.98. The van der Waals surface area contributed by atoms with Gasteiger partial charge in [0, 0.05) is 18.1 Å². The Labute approximate surface area is 98.2 Å². The molecule has 1 atom stereocenters. The van der Waals surface area contributed by atoms with Crippen molar-refractivity contribution in [3.63, 3.8) is 0 Å². The van der Waals surface area contributed by atoms with Gasteiger partial charge >= 0.3 is 5.97 Å². The number of aliphatic carboxylic acids is 1. The van der Waals surface area contributed by atoms with Gasteiger partial charge in [-0.2, -0.15) is 0 Å². The molecule has 0 aliphatic carbocycles. The van der Waals surface area contributed by atoms with E-state index in [2.05, 4.69) is 30.6 Å². The molecule has 0 saturated carbocycles. The van der Waals surface area contributed by atoms with E-state index in [-0.39, 0.29) is 18.0 Å². The first kappa shape index (κ1) is 13.5. The standard InChI is InChI=1S/C12H24N2O2/c1-12(2,3)14-7-5-6-13(4)10(9-14)8-11(15)16/h10H,5-9H2,1-4H3,(H,15,16). The molecule has 0 aromatic heterocycles. The lowest BCUT2D eigenvalue weighted by atomic mass is 10.0. The minimum absolute atomic E-state index is 0.127. The topological polar surface area (TPSA) is 43.8 Å². The number of carboxylic acid groups (broad SMARTS) is 1. The summed E-state index contributed by atoms with van der Waals surface area (Å²) in [6, 6.07) is 0.138. The molecule has 0 aromatic carbocycles. The zero-order valence-electron chi connectivity index (χ0n) is 10.9. The summed E-state index contributed by atoms with van der Waals surface area (Å²) >= 11 is 0. The molecule has 4 nitrogen and oxygen atoms in total. The maximum absolute atomic E-state index is 10.8. The number of rotatable bonds is 2. The lowest BCUT2D eigenvalue weighted by Crippen LogP contribution is -2.47. The smallest absolute Gasteiger partial charge is 0.304 e. The molecule has 1 aliphatic heterocycles. The maximum Gasteiger partial charge on any atom is 0.304 e. The molecule has 1 N–H and O–H groups in total. The Morgan fingerprint density at radius 2 is 2.00 bits per heavy atom. The molecular formula is C12H24N2O2. The van der Waals surface area contributed by atoms with Crippen molar-refractivity contribution in [2.75, 3.05) is 26.7 Å². The van der Waals surface area contributed by atoms with Gasteiger partial charge in [0.05, 0.1) is 6.42 Å². The fourth-order valence-corrected chi connectivity index (χ4v) is 2.21. The van der Waals surface area contributed by atoms with E-state index in [4.69, 9.17) is 5.11 Å². The molecule has 0 amide bonds. The summed E-state index contributed by atoms with van der Waals surface area (Å²) < 4.78 is 0. The van der Waals surface area contributed by atoms with E-state index in [1.807, 2.05) is 7.05 Å². The Balaban J connectivity index is 2.69. The first-order valence-corrected chi connectivity index (χ1v) is 5.98. The van der Waals surface area contributed by atoms with Crippen LogP contribution in [0.1, 0.15) is 33.6 Å². The Hall–Kier alpha value is -0.610. The van der Waals surface area contributed by atoms with E-state index < -0.39 is 5.97 Å². The van der Waals surface area contributed by atoms with Gasteiger partial charge in [-0.3, -0.25) is 9.69 Å². The van der Waals surface area contributed by atoms with Crippen molar-refractivity contribution in [2.24, 2.45) is 0 Å². The fraction of sp³-hybridized carbons (Fsp3) is 0.917. The summed E-state index contributed by atoms with van der Waals surface area (Å²) in [5.74, 6) is -0.701. The van der Waals surface area contributed by atoms with Gasteiger partial charge in [-0.05, 0) is 47.3 Å². The van der Waals surface area contributed by atoms with Crippen molar-refractivity contribution in [3.05, 3.63) is 0 Å². The minimum Gasteiger partial charge on any atom is -0.481 e. The molecule has 1 rings (SSSR count). The predicted octanol–water partition coefficient (Wildman–Crippen LogP) is 1.27. The van der Waals surface area contributed by atoms with Crippen LogP contribution in [0, 0.1) is 0 Å². The molecule has 1 heterocycles. The molecule has 0 bridgehead atoms. The monoisotopic (exact) mass is 228 g/mol. The third kappa shape index (κ3) is 3.76. The van der Waals surface area contributed by atoms with Crippen LogP contribution in [-0.4, -0.2) is 59.1 Å². The summed E-state index contributed by atoms with van der Waals surface area (Å²) in [7, 11) is 2.03. The highest BCUT2D eigenvalue weighted by Crippen LogP contribution is 2.19. The zero-order valence-corrected chi connectivity index (χ0v) is 10.9. The number of likely N-dealkylation sites (N-methyl/N-ethyl adjacent to an activating group) is 1. The van der Waals surface area contributed by atoms with Gasteiger partial charge in [-0.25, -0.2) is 0 Å². The minimum atomic E-state index is -0.701. The highest BCUT2D eigenvalue weighted by Gasteiger charge is 2.29. The molecule has 1 aliphatic rings. The SMILES string of the molecule is CN1CCCN(C(C)(C)C)CC1CC(=O)O. The first-order chi connectivity index (χ1) is 7.30. The summed E-state index contributed by atoms with van der Waals surface area (Å²) in [6.45, 7) is 9.48. The van der Waals surface area contributed by atoms with Crippen LogP contribution in [0.2, 0.25) is 0 Å². The second-order valence-corrected chi connectivity index (χ2v) is 5.70. The maximum atomic E-state index is 10.8. The van der Waals surface area contributed by atoms with E-state index >= 15 is 0 Å². The average molecular weight is 228 g/mol. The van der Waals surface area contributed by atoms with Gasteiger partial charge in [-0.1, -0.05) is 0 Å². The van der Waals surface area contributed by atoms with Crippen LogP contribution in [-0.2, 0) is 4.79 Å². The Morgan fingerprint density at radius 3 is 2.50 bits per heavy atom. The van der Waals surface area contributed by atoms with Crippen LogP contribution >= 0.6 is 0 Å². The van der Waals surface area contributed by atoms with Crippen molar-refractivity contribution < 1.29 is 9.90 Å². The van der Waals surface area contributed by atoms with Crippen molar-refractivity contribution >= 4 is 5.97 Å². The van der Waals surface area contributed by atoms with Crippen LogP contribution in [0.3, 0.4) is 0 Å². The second kappa shape index (κ2) is 5.15. The van der Waals surface area contributed by atoms with Crippen LogP contribution in [0.5, 0.6) is 0 Å². The van der Waals surface area contributed by atoms with Gasteiger partial charge in [0.15, 0.2) is 0 Å². The predicted molar refractivity (Wildman–Crippen MR) is 64.6 cm³/mol. The lowest BCUT2D eigenvalue weighted by Gasteiger charge is -2.37. The quantitative estimate of drug-likeness (QED) is 0.773. The van der Waals surface area contributed by atoms with Crippen molar-refractivity contribution in [1.29, 1.82) is 0 Å². The van der Waals surface area contributed by atoms with Crippen LogP contribution < -0.4 is 0 Å². The molecule has 16 heavy (non-hydrogen) atoms. The molecule has 1 unspecified atom stereocenters. The van der Waals surface area contributed by atoms with Gasteiger partial charge < -0.3 is 10.0 Å². The van der Waals surface area contributed by atoms with Crippen LogP contribution in [0.4, 0.5) is 0 Å². The number of nitrogens with zero attached hydrogens (tertiary/aromatic N) is 2. The third-order valence-electron chi connectivity index (χ3n) is 3.35. The second-order valence-electron chi connectivity index (χ2n) is 5.70. The molecule has 1 fully saturated rings. The molecule has 0 spiro atoms. The molecule has 1 saturated heterocycles.